The number of rotatable bonds is 15. The Kier molecular flexibility index (Phi) is 10.4. The molecule has 1 aromatic carbocycles. The summed E-state index contributed by atoms with van der Waals surface area (Å²) < 4.78 is 41.2. The fourth-order valence-corrected chi connectivity index (χ4v) is 5.70. The Labute approximate surface area is 268 Å². The summed E-state index contributed by atoms with van der Waals surface area (Å²) in [7, 11) is -3.30. The van der Waals surface area contributed by atoms with Crippen molar-refractivity contribution in [3.05, 3.63) is 53.3 Å². The number of β-lactam (4-membered cyclic amide) rings is 1. The number of hydroxylamine groups is 2. The van der Waals surface area contributed by atoms with Crippen LogP contribution in [0.1, 0.15) is 37.9 Å². The van der Waals surface area contributed by atoms with Gasteiger partial charge in [0.05, 0.1) is 23.8 Å². The van der Waals surface area contributed by atoms with Crippen molar-refractivity contribution >= 4 is 50.4 Å². The largest absolute Gasteiger partial charge is 0.724 e. The van der Waals surface area contributed by atoms with Gasteiger partial charge < -0.3 is 31.3 Å². The van der Waals surface area contributed by atoms with E-state index in [-0.39, 0.29) is 17.2 Å². The first-order chi connectivity index (χ1) is 21.6. The van der Waals surface area contributed by atoms with Crippen LogP contribution in [0.25, 0.3) is 11.1 Å². The summed E-state index contributed by atoms with van der Waals surface area (Å²) >= 11 is 0.978. The first kappa shape index (κ1) is 34.4. The highest BCUT2D eigenvalue weighted by molar-refractivity contribution is 7.80. The molecule has 4 rings (SSSR count). The van der Waals surface area contributed by atoms with E-state index in [0.717, 1.165) is 41.0 Å². The highest BCUT2D eigenvalue weighted by Crippen LogP contribution is 2.33. The minimum atomic E-state index is -5.25. The van der Waals surface area contributed by atoms with Gasteiger partial charge in [0.25, 0.3) is 11.8 Å². The van der Waals surface area contributed by atoms with Crippen LogP contribution in [0, 0.1) is 0 Å². The van der Waals surface area contributed by atoms with Crippen LogP contribution >= 0.6 is 11.3 Å². The third-order valence-corrected chi connectivity index (χ3v) is 8.24. The monoisotopic (exact) mass is 678 g/mol. The first-order valence-electron chi connectivity index (χ1n) is 13.9. The number of thiazole rings is 1. The molecule has 0 bridgehead atoms. The number of aryl methyl sites for hydroxylation is 3. The van der Waals surface area contributed by atoms with Crippen LogP contribution in [0.4, 0.5) is 5.13 Å². The van der Waals surface area contributed by atoms with Gasteiger partial charge in [0, 0.05) is 11.8 Å². The number of anilines is 1. The minimum Gasteiger partial charge on any atom is -0.724 e. The fraction of sp³-hybridized carbons (Fsp3) is 0.407. The predicted octanol–water partition coefficient (Wildman–Crippen LogP) is -0.329. The zero-order valence-electron chi connectivity index (χ0n) is 25.2. The van der Waals surface area contributed by atoms with Gasteiger partial charge in [0.15, 0.2) is 17.9 Å². The van der Waals surface area contributed by atoms with Crippen molar-refractivity contribution in [1.29, 1.82) is 0 Å². The maximum absolute atomic E-state index is 13.2. The van der Waals surface area contributed by atoms with E-state index < -0.39 is 51.6 Å². The third-order valence-electron chi connectivity index (χ3n) is 7.24. The Morgan fingerprint density at radius 2 is 1.98 bits per heavy atom. The number of amides is 2. The highest BCUT2D eigenvalue weighted by Gasteiger charge is 2.57. The Balaban J connectivity index is 1.44. The zero-order chi connectivity index (χ0) is 33.8. The zero-order valence-corrected chi connectivity index (χ0v) is 26.8. The summed E-state index contributed by atoms with van der Waals surface area (Å²) in [6, 6.07) is 6.31. The number of hydrogen-bond acceptors (Lipinski definition) is 13. The number of carboxylic acid groups (broad SMARTS) is 1. The number of nitrogens with one attached hydrogen (secondary N) is 1. The van der Waals surface area contributed by atoms with Gasteiger partial charge in [-0.1, -0.05) is 29.4 Å². The maximum Gasteiger partial charge on any atom is 0.347 e. The first-order valence-corrected chi connectivity index (χ1v) is 16.2. The average molecular weight is 679 g/mol. The van der Waals surface area contributed by atoms with E-state index in [1.165, 1.54) is 19.2 Å². The third kappa shape index (κ3) is 8.04. The standard InChI is InChI=1S/C27H34N8O9S2/c1-27(2)22(24(37)35(27)44-46(40,41)42)31-23(36)21(19-15-45-26(29)30-19)32-43-20(25(38)39)10-7-16-5-8-17(9-6-16)18-13-33(3)34(14-18)12-4-11-28/h5-6,8-9,13-15,20,22H,4,7,10-12,28H2,1-3H3,(H4-,29,30,31,36,38,39,40,41,42)/t20?,22-/m1/s1. The molecule has 17 nitrogen and oxygen atoms in total. The van der Waals surface area contributed by atoms with Crippen molar-refractivity contribution in [3.63, 3.8) is 0 Å². The molecule has 46 heavy (non-hydrogen) atoms. The molecule has 248 valence electrons. The number of nitrogens with zero attached hydrogens (tertiary/aromatic N) is 5. The lowest BCUT2D eigenvalue weighted by atomic mass is 9.84. The Bertz CT molecular complexity index is 1740. The summed E-state index contributed by atoms with van der Waals surface area (Å²) in [5.41, 5.74) is 12.2. The van der Waals surface area contributed by atoms with Crippen LogP contribution in [0.15, 0.2) is 47.2 Å². The van der Waals surface area contributed by atoms with E-state index in [9.17, 15) is 32.5 Å². The molecule has 0 aliphatic carbocycles. The SMILES string of the molecule is C[n+]1cc(-c2ccc(CCC(ON=C(C(=O)N[C@@H]3C(=O)N(OS(=O)(=O)[O-])C3(C)C)c3csc(N)n3)C(=O)O)cc2)cn1CCCN. The molecular weight excluding hydrogens is 644 g/mol. The molecule has 2 amide bonds. The minimum absolute atomic E-state index is 0.000813. The van der Waals surface area contributed by atoms with Crippen LogP contribution in [-0.4, -0.2) is 80.5 Å². The van der Waals surface area contributed by atoms with Crippen molar-refractivity contribution < 1.29 is 46.3 Å². The summed E-state index contributed by atoms with van der Waals surface area (Å²) in [6.45, 7) is 4.09. The summed E-state index contributed by atoms with van der Waals surface area (Å²) in [4.78, 5) is 47.0. The van der Waals surface area contributed by atoms with Crippen molar-refractivity contribution in [1.82, 2.24) is 20.0 Å². The molecule has 3 heterocycles. The number of hydrogen-bond donors (Lipinski definition) is 4. The molecule has 6 N–H and O–H groups in total. The Morgan fingerprint density at radius 1 is 1.28 bits per heavy atom. The summed E-state index contributed by atoms with van der Waals surface area (Å²) in [6.07, 6.45) is 3.74. The smallest absolute Gasteiger partial charge is 0.347 e. The topological polar surface area (TPSA) is 248 Å². The number of oxime groups is 1. The van der Waals surface area contributed by atoms with Crippen molar-refractivity contribution in [2.75, 3.05) is 12.3 Å². The van der Waals surface area contributed by atoms with E-state index in [2.05, 4.69) is 24.4 Å². The second-order valence-electron chi connectivity index (χ2n) is 10.9. The molecule has 0 spiro atoms. The molecule has 1 saturated heterocycles. The number of benzene rings is 1. The van der Waals surface area contributed by atoms with Gasteiger partial charge >= 0.3 is 5.97 Å². The lowest BCUT2D eigenvalue weighted by molar-refractivity contribution is -0.753. The second kappa shape index (κ2) is 13.9. The molecule has 1 aliphatic rings. The number of carbonyl (C=O) groups excluding carboxylic acids is 2. The lowest BCUT2D eigenvalue weighted by Crippen LogP contribution is -2.76. The molecule has 0 radical (unpaired) electrons. The molecule has 2 atom stereocenters. The van der Waals surface area contributed by atoms with E-state index in [4.69, 9.17) is 16.3 Å². The van der Waals surface area contributed by atoms with Crippen LogP contribution < -0.4 is 21.5 Å². The quantitative estimate of drug-likeness (QED) is 0.0403. The van der Waals surface area contributed by atoms with Crippen molar-refractivity contribution in [3.8, 4) is 11.1 Å². The van der Waals surface area contributed by atoms with E-state index in [1.54, 1.807) is 0 Å². The second-order valence-corrected chi connectivity index (χ2v) is 12.8. The van der Waals surface area contributed by atoms with E-state index >= 15 is 0 Å². The maximum atomic E-state index is 13.2. The van der Waals surface area contributed by atoms with Gasteiger partial charge in [-0.05, 0) is 44.4 Å². The molecule has 19 heteroatoms. The average Bonchev–Trinajstić information content (AvgIpc) is 3.59. The summed E-state index contributed by atoms with van der Waals surface area (Å²) in [5.74, 6) is -3.33. The van der Waals surface area contributed by atoms with E-state index in [1.807, 2.05) is 48.4 Å². The highest BCUT2D eigenvalue weighted by atomic mass is 32.3. The number of carboxylic acids is 1. The van der Waals surface area contributed by atoms with E-state index in [0.29, 0.717) is 18.0 Å². The molecule has 3 aromatic rings. The predicted molar refractivity (Wildman–Crippen MR) is 162 cm³/mol. The normalized spacial score (nSPS) is 17.0. The van der Waals surface area contributed by atoms with Gasteiger partial charge in [-0.2, -0.15) is 14.0 Å². The van der Waals surface area contributed by atoms with Crippen molar-refractivity contribution in [2.45, 2.75) is 57.3 Å². The van der Waals surface area contributed by atoms with Crippen LogP contribution in [0.2, 0.25) is 0 Å². The number of carbonyl (C=O) groups is 3. The Hall–Kier alpha value is -4.43. The fourth-order valence-electron chi connectivity index (χ4n) is 4.70. The lowest BCUT2D eigenvalue weighted by Gasteiger charge is -2.51. The number of aromatic nitrogens is 3. The van der Waals surface area contributed by atoms with Crippen LogP contribution in [0.5, 0.6) is 0 Å². The van der Waals surface area contributed by atoms with Crippen LogP contribution in [0.3, 0.4) is 0 Å². The van der Waals surface area contributed by atoms with Gasteiger partial charge in [0.1, 0.15) is 11.7 Å². The van der Waals surface area contributed by atoms with Gasteiger partial charge in [-0.15, -0.1) is 16.0 Å². The number of nitrogens with two attached hydrogens (primary N) is 2. The number of aliphatic carboxylic acids is 1. The molecule has 0 saturated carbocycles. The van der Waals surface area contributed by atoms with Crippen LogP contribution in [-0.2, 0) is 53.9 Å². The Morgan fingerprint density at radius 3 is 2.54 bits per heavy atom. The van der Waals surface area contributed by atoms with Gasteiger partial charge in [0.2, 0.25) is 22.7 Å². The molecular formula is C27H34N8O9S2. The molecule has 1 aliphatic heterocycles. The van der Waals surface area contributed by atoms with Gasteiger partial charge in [-0.3, -0.25) is 9.59 Å². The number of nitrogen functional groups attached to an aromatic ring is 1. The molecule has 1 unspecified atom stereocenters. The molecule has 2 aromatic heterocycles. The van der Waals surface area contributed by atoms with Gasteiger partial charge in [-0.25, -0.2) is 18.2 Å². The molecule has 1 fully saturated rings. The summed E-state index contributed by atoms with van der Waals surface area (Å²) in [5, 5.41) is 17.8. The van der Waals surface area contributed by atoms with Crippen molar-refractivity contribution in [2.24, 2.45) is 17.9 Å².